The maximum Gasteiger partial charge on any atom is 0.315 e. The van der Waals surface area contributed by atoms with Crippen molar-refractivity contribution in [1.29, 1.82) is 0 Å². The summed E-state index contributed by atoms with van der Waals surface area (Å²) in [7, 11) is 0. The molecule has 3 amide bonds. The number of aryl methyl sites for hydroxylation is 1. The highest BCUT2D eigenvalue weighted by Crippen LogP contribution is 2.77. The van der Waals surface area contributed by atoms with Crippen LogP contribution in [-0.4, -0.2) is 27.6 Å². The summed E-state index contributed by atoms with van der Waals surface area (Å²) >= 11 is 0. The molecule has 2 aromatic carbocycles. The highest BCUT2D eigenvalue weighted by Gasteiger charge is 2.80. The Hall–Kier alpha value is -4.07. The number of urea groups is 1. The Morgan fingerprint density at radius 2 is 2.00 bits per heavy atom. The third-order valence-electron chi connectivity index (χ3n) is 8.13. The zero-order chi connectivity index (χ0) is 24.4. The molecule has 8 nitrogen and oxygen atoms in total. The number of hydrogen-bond acceptors (Lipinski definition) is 5. The lowest BCUT2D eigenvalue weighted by molar-refractivity contribution is -0.116. The van der Waals surface area contributed by atoms with Crippen LogP contribution in [0, 0.1) is 5.92 Å². The maximum absolute atomic E-state index is 12.9. The molecule has 4 aliphatic rings. The number of phenolic OH excluding ortho intramolecular Hbond substituents is 1. The fourth-order valence-corrected chi connectivity index (χ4v) is 6.06. The van der Waals surface area contributed by atoms with Crippen LogP contribution in [0.1, 0.15) is 53.5 Å². The number of rotatable bonds is 5. The lowest BCUT2D eigenvalue weighted by Gasteiger charge is -2.20. The van der Waals surface area contributed by atoms with Gasteiger partial charge >= 0.3 is 6.03 Å². The van der Waals surface area contributed by atoms with Gasteiger partial charge in [0.1, 0.15) is 23.1 Å². The van der Waals surface area contributed by atoms with Crippen LogP contribution in [-0.2, 0) is 17.6 Å². The zero-order valence-electron chi connectivity index (χ0n) is 19.6. The van der Waals surface area contributed by atoms with E-state index in [0.29, 0.717) is 36.1 Å². The molecule has 3 aliphatic carbocycles. The number of aromatic nitrogens is 1. The van der Waals surface area contributed by atoms with Gasteiger partial charge < -0.3 is 25.8 Å². The summed E-state index contributed by atoms with van der Waals surface area (Å²) in [5.74, 6) is 2.31. The quantitative estimate of drug-likeness (QED) is 0.433. The van der Waals surface area contributed by atoms with Crippen LogP contribution in [0.2, 0.25) is 0 Å². The number of nitrogens with zero attached hydrogens (tertiary/aromatic N) is 1. The molecule has 0 radical (unpaired) electrons. The smallest absolute Gasteiger partial charge is 0.315 e. The Morgan fingerprint density at radius 3 is 2.89 bits per heavy atom. The minimum absolute atomic E-state index is 0.0354. The average molecular weight is 483 g/mol. The molecule has 182 valence electrons. The number of hydrogen-bond donors (Lipinski definition) is 4. The summed E-state index contributed by atoms with van der Waals surface area (Å²) in [6, 6.07) is 15.1. The van der Waals surface area contributed by atoms with E-state index >= 15 is 0 Å². The van der Waals surface area contributed by atoms with Crippen molar-refractivity contribution < 1.29 is 19.4 Å². The molecule has 0 spiro atoms. The largest absolute Gasteiger partial charge is 0.508 e. The SMILES string of the molecule is O=C1CCc2c(Oc3ccc(O)c([C@@H]4[C@@H]5C[C@@]45NC(=O)N[C@H]4CCc5ccccc54)c3)ccnc2N1. The van der Waals surface area contributed by atoms with Crippen LogP contribution in [0.3, 0.4) is 0 Å². The minimum atomic E-state index is -0.293. The molecule has 2 fully saturated rings. The second-order valence-electron chi connectivity index (χ2n) is 10.2. The molecule has 8 heteroatoms. The predicted octanol–water partition coefficient (Wildman–Crippen LogP) is 4.31. The van der Waals surface area contributed by atoms with Crippen molar-refractivity contribution in [3.8, 4) is 17.2 Å². The molecule has 4 N–H and O–H groups in total. The number of carbonyl (C=O) groups is 2. The number of nitrogens with one attached hydrogen (secondary N) is 3. The van der Waals surface area contributed by atoms with Crippen LogP contribution in [0.25, 0.3) is 0 Å². The van der Waals surface area contributed by atoms with Crippen LogP contribution >= 0.6 is 0 Å². The van der Waals surface area contributed by atoms with Gasteiger partial charge in [-0.05, 0) is 67.0 Å². The van der Waals surface area contributed by atoms with Gasteiger partial charge in [-0.3, -0.25) is 4.79 Å². The van der Waals surface area contributed by atoms with Gasteiger partial charge in [-0.1, -0.05) is 24.3 Å². The summed E-state index contributed by atoms with van der Waals surface area (Å²) < 4.78 is 6.17. The second-order valence-corrected chi connectivity index (χ2v) is 10.2. The molecule has 2 heterocycles. The standard InChI is InChI=1S/C28H26N4O4/c33-22-9-6-16(36-23-11-12-29-26-18(23)7-10-24(34)31-26)13-19(22)25-20-14-28(20,25)32-27(35)30-21-8-5-15-3-1-2-4-17(15)21/h1-4,6,9,11-13,20-21,25,33H,5,7-8,10,14H2,(H,29,31,34)(H2,30,32,35)/t20-,21-,25+,28-/m0/s1. The molecule has 36 heavy (non-hydrogen) atoms. The summed E-state index contributed by atoms with van der Waals surface area (Å²) in [5.41, 5.74) is 3.86. The van der Waals surface area contributed by atoms with Crippen molar-refractivity contribution in [2.45, 2.75) is 49.6 Å². The minimum Gasteiger partial charge on any atom is -0.508 e. The van der Waals surface area contributed by atoms with Crippen molar-refractivity contribution in [3.63, 3.8) is 0 Å². The van der Waals surface area contributed by atoms with E-state index in [0.717, 1.165) is 30.4 Å². The summed E-state index contributed by atoms with van der Waals surface area (Å²) in [4.78, 5) is 28.8. The third kappa shape index (κ3) is 3.39. The molecule has 0 unspecified atom stereocenters. The fraction of sp³-hybridized carbons (Fsp3) is 0.321. The van der Waals surface area contributed by atoms with E-state index in [1.54, 1.807) is 24.4 Å². The molecule has 1 aliphatic heterocycles. The van der Waals surface area contributed by atoms with Crippen LogP contribution in [0.15, 0.2) is 54.7 Å². The summed E-state index contributed by atoms with van der Waals surface area (Å²) in [5, 5.41) is 19.8. The number of fused-ring (bicyclic) bond motifs is 3. The molecule has 7 rings (SSSR count). The van der Waals surface area contributed by atoms with Gasteiger partial charge in [0, 0.05) is 29.7 Å². The first-order valence-corrected chi connectivity index (χ1v) is 12.5. The highest BCUT2D eigenvalue weighted by atomic mass is 16.5. The van der Waals surface area contributed by atoms with E-state index < -0.39 is 0 Å². The molecular formula is C28H26N4O4. The van der Waals surface area contributed by atoms with E-state index in [2.05, 4.69) is 33.1 Å². The number of anilines is 1. The van der Waals surface area contributed by atoms with Gasteiger partial charge in [-0.2, -0.15) is 0 Å². The van der Waals surface area contributed by atoms with Crippen LogP contribution in [0.5, 0.6) is 17.2 Å². The molecule has 0 bridgehead atoms. The number of aromatic hydroxyl groups is 1. The number of amides is 3. The second kappa shape index (κ2) is 7.71. The lowest BCUT2D eigenvalue weighted by atomic mass is 9.99. The Labute approximate surface area is 208 Å². The highest BCUT2D eigenvalue weighted by molar-refractivity contribution is 5.93. The van der Waals surface area contributed by atoms with Crippen molar-refractivity contribution in [2.75, 3.05) is 5.32 Å². The Kier molecular flexibility index (Phi) is 4.55. The van der Waals surface area contributed by atoms with Crippen molar-refractivity contribution in [2.24, 2.45) is 5.92 Å². The van der Waals surface area contributed by atoms with Gasteiger partial charge in [-0.25, -0.2) is 9.78 Å². The van der Waals surface area contributed by atoms with Crippen molar-refractivity contribution >= 4 is 17.8 Å². The molecule has 0 saturated heterocycles. The number of carbonyl (C=O) groups excluding carboxylic acids is 2. The number of phenols is 1. The normalized spacial score (nSPS) is 26.7. The Balaban J connectivity index is 1.05. The van der Waals surface area contributed by atoms with Gasteiger partial charge in [0.25, 0.3) is 0 Å². The fourth-order valence-electron chi connectivity index (χ4n) is 6.06. The van der Waals surface area contributed by atoms with Gasteiger partial charge in [0.05, 0.1) is 11.6 Å². The Bertz CT molecular complexity index is 1420. The van der Waals surface area contributed by atoms with Crippen LogP contribution in [0.4, 0.5) is 10.6 Å². The lowest BCUT2D eigenvalue weighted by Crippen LogP contribution is -2.42. The van der Waals surface area contributed by atoms with Crippen molar-refractivity contribution in [1.82, 2.24) is 15.6 Å². The first kappa shape index (κ1) is 21.2. The van der Waals surface area contributed by atoms with E-state index in [-0.39, 0.29) is 35.2 Å². The average Bonchev–Trinajstić information content (AvgIpc) is 3.67. The molecule has 3 aromatic rings. The topological polar surface area (TPSA) is 113 Å². The zero-order valence-corrected chi connectivity index (χ0v) is 19.6. The van der Waals surface area contributed by atoms with E-state index in [1.165, 1.54) is 11.1 Å². The first-order valence-electron chi connectivity index (χ1n) is 12.5. The number of ether oxygens (including phenoxy) is 1. The van der Waals surface area contributed by atoms with Gasteiger partial charge in [0.2, 0.25) is 5.91 Å². The third-order valence-corrected chi connectivity index (χ3v) is 8.13. The Morgan fingerprint density at radius 1 is 1.11 bits per heavy atom. The maximum atomic E-state index is 12.9. The van der Waals surface area contributed by atoms with E-state index in [4.69, 9.17) is 4.74 Å². The van der Waals surface area contributed by atoms with Gasteiger partial charge in [-0.15, -0.1) is 0 Å². The first-order chi connectivity index (χ1) is 17.5. The molecule has 1 aromatic heterocycles. The van der Waals surface area contributed by atoms with Crippen molar-refractivity contribution in [3.05, 3.63) is 77.0 Å². The van der Waals surface area contributed by atoms with E-state index in [1.807, 2.05) is 18.2 Å². The number of pyridine rings is 1. The summed E-state index contributed by atoms with van der Waals surface area (Å²) in [6.45, 7) is 0. The number of benzene rings is 2. The molecular weight excluding hydrogens is 456 g/mol. The molecule has 2 saturated carbocycles. The van der Waals surface area contributed by atoms with E-state index in [9.17, 15) is 14.7 Å². The predicted molar refractivity (Wildman–Crippen MR) is 132 cm³/mol. The van der Waals surface area contributed by atoms with Crippen LogP contribution < -0.4 is 20.7 Å². The summed E-state index contributed by atoms with van der Waals surface area (Å²) in [6.07, 6.45) is 5.36. The van der Waals surface area contributed by atoms with Gasteiger partial charge in [0.15, 0.2) is 0 Å². The monoisotopic (exact) mass is 482 g/mol. The molecule has 4 atom stereocenters.